The summed E-state index contributed by atoms with van der Waals surface area (Å²) in [6.45, 7) is 2.71. The van der Waals surface area contributed by atoms with Crippen LogP contribution < -0.4 is 0 Å². The Balaban J connectivity index is -0.0000000509. The molecule has 0 rings (SSSR count). The maximum Gasteiger partial charge on any atom is 3.00 e. The number of aliphatic hydroxyl groups excluding tert-OH is 6. The zero-order chi connectivity index (χ0) is 25.4. The maximum atomic E-state index is 8.66. The minimum absolute atomic E-state index is 0. The zero-order valence-corrected chi connectivity index (χ0v) is 19.4. The van der Waals surface area contributed by atoms with E-state index in [2.05, 4.69) is 0 Å². The van der Waals surface area contributed by atoms with Crippen molar-refractivity contribution in [3.63, 3.8) is 0 Å². The Morgan fingerprint density at radius 2 is 0.625 bits per heavy atom. The third-order valence-electron chi connectivity index (χ3n) is 3.51. The van der Waals surface area contributed by atoms with Crippen LogP contribution in [0.1, 0.15) is 26.7 Å². The van der Waals surface area contributed by atoms with E-state index in [9.17, 15) is 0 Å². The van der Waals surface area contributed by atoms with Gasteiger partial charge in [-0.05, 0) is 12.8 Å². The van der Waals surface area contributed by atoms with Crippen molar-refractivity contribution in [2.75, 3.05) is 39.6 Å². The predicted molar refractivity (Wildman–Crippen MR) is 104 cm³/mol. The number of hydrogen-bond donors (Lipinski definition) is 6. The standard InChI is InChI=1S/2C6H14O3.3NO3.H2O.Tb/c2*1-2-6(3-7,4-8)5-9;3*2-1(3)4;;/h2*7-9H,2-5H2,1H3;;;;1H2;/q;;3*-1;;+3/p+1. The van der Waals surface area contributed by atoms with Gasteiger partial charge in [-0.2, -0.15) is 0 Å². The molecule has 0 aromatic rings. The van der Waals surface area contributed by atoms with Crippen LogP contribution in [-0.4, -0.2) is 85.5 Å². The summed E-state index contributed by atoms with van der Waals surface area (Å²) in [4.78, 5) is 24.8. The Morgan fingerprint density at radius 1 is 0.531 bits per heavy atom. The summed E-state index contributed by atoms with van der Waals surface area (Å²) in [5.41, 5.74) is -1.33. The molecule has 0 saturated carbocycles. The summed E-state index contributed by atoms with van der Waals surface area (Å²) in [5.74, 6) is 0. The molecule has 0 aliphatic rings. The van der Waals surface area contributed by atoms with Crippen LogP contribution in [0.2, 0.25) is 0 Å². The van der Waals surface area contributed by atoms with Crippen molar-refractivity contribution in [1.82, 2.24) is 0 Å². The van der Waals surface area contributed by atoms with Crippen LogP contribution in [-0.2, 0) is 5.48 Å². The molecule has 19 nitrogen and oxygen atoms in total. The van der Waals surface area contributed by atoms with Crippen LogP contribution in [0.3, 0.4) is 0 Å². The summed E-state index contributed by atoms with van der Waals surface area (Å²) in [6, 6.07) is 0. The van der Waals surface area contributed by atoms with Gasteiger partial charge in [-0.3, -0.25) is 0 Å². The normalized spacial score (nSPS) is 9.00. The van der Waals surface area contributed by atoms with Gasteiger partial charge in [0.15, 0.2) is 0 Å². The molecule has 0 atom stereocenters. The SMILES string of the molecule is CCC(CO)(CO)CO.CCC(CO)(CO)CO.O=[N+]([O-])[O-].O=[N+]([O-])[O-].O=[N+]([O-])[O-].[OH3+].[Tb+3]. The third kappa shape index (κ3) is 42.7. The Bertz CT molecular complexity index is 328. The van der Waals surface area contributed by atoms with Crippen LogP contribution in [0.15, 0.2) is 0 Å². The van der Waals surface area contributed by atoms with E-state index in [0.717, 1.165) is 0 Å². The fraction of sp³-hybridized carbons (Fsp3) is 1.00. The molecule has 0 fully saturated rings. The molecular weight excluding hydrogens is 601 g/mol. The van der Waals surface area contributed by atoms with Gasteiger partial charge in [0.25, 0.3) is 0 Å². The van der Waals surface area contributed by atoms with E-state index in [0.29, 0.717) is 12.8 Å². The van der Waals surface area contributed by atoms with E-state index in [1.807, 2.05) is 13.8 Å². The molecule has 0 radical (unpaired) electrons. The molecule has 0 saturated heterocycles. The average molecular weight is 632 g/mol. The first-order chi connectivity index (χ1) is 13.7. The van der Waals surface area contributed by atoms with Crippen LogP contribution in [0.4, 0.5) is 0 Å². The second-order valence-corrected chi connectivity index (χ2v) is 5.33. The van der Waals surface area contributed by atoms with Gasteiger partial charge in [0, 0.05) is 10.8 Å². The van der Waals surface area contributed by atoms with Gasteiger partial charge in [-0.1, -0.05) is 13.8 Å². The first-order valence-corrected chi connectivity index (χ1v) is 7.78. The van der Waals surface area contributed by atoms with Crippen molar-refractivity contribution in [3.8, 4) is 0 Å². The van der Waals surface area contributed by atoms with Crippen molar-refractivity contribution in [3.05, 3.63) is 46.0 Å². The maximum absolute atomic E-state index is 8.66. The monoisotopic (exact) mass is 632 g/mol. The van der Waals surface area contributed by atoms with Gasteiger partial charge in [-0.25, -0.2) is 0 Å². The molecule has 32 heavy (non-hydrogen) atoms. The quantitative estimate of drug-likeness (QED) is 0.0886. The van der Waals surface area contributed by atoms with Crippen molar-refractivity contribution >= 4 is 0 Å². The molecule has 0 heterocycles. The number of rotatable bonds is 8. The van der Waals surface area contributed by atoms with E-state index in [4.69, 9.17) is 76.6 Å². The summed E-state index contributed by atoms with van der Waals surface area (Å²) >= 11 is 0. The smallest absolute Gasteiger partial charge is 0.457 e. The van der Waals surface area contributed by atoms with Gasteiger partial charge >= 0.3 is 38.6 Å². The minimum atomic E-state index is -1.75. The van der Waals surface area contributed by atoms with Crippen LogP contribution in [0, 0.1) is 95.4 Å². The summed E-state index contributed by atoms with van der Waals surface area (Å²) in [7, 11) is 0. The fourth-order valence-electron chi connectivity index (χ4n) is 0.971. The van der Waals surface area contributed by atoms with Crippen molar-refractivity contribution in [2.24, 2.45) is 10.8 Å². The number of aliphatic hydroxyl groups is 6. The van der Waals surface area contributed by atoms with Crippen LogP contribution in [0.25, 0.3) is 0 Å². The molecule has 198 valence electrons. The summed E-state index contributed by atoms with van der Waals surface area (Å²) in [6.07, 6.45) is 1.19. The van der Waals surface area contributed by atoms with E-state index in [-0.39, 0.29) is 83.7 Å². The molecule has 9 N–H and O–H groups in total. The second-order valence-electron chi connectivity index (χ2n) is 5.33. The van der Waals surface area contributed by atoms with Gasteiger partial charge < -0.3 is 82.1 Å². The van der Waals surface area contributed by atoms with E-state index >= 15 is 0 Å². The minimum Gasteiger partial charge on any atom is -0.457 e. The second kappa shape index (κ2) is 31.8. The average Bonchev–Trinajstić information content (AvgIpc) is 2.66. The first-order valence-electron chi connectivity index (χ1n) is 7.78. The molecule has 0 aromatic heterocycles. The summed E-state index contributed by atoms with van der Waals surface area (Å²) in [5, 5.41) is 96.2. The van der Waals surface area contributed by atoms with Gasteiger partial charge in [0.1, 0.15) is 0 Å². The zero-order valence-electron chi connectivity index (χ0n) is 17.3. The molecule has 20 heteroatoms. The van der Waals surface area contributed by atoms with Crippen LogP contribution in [0.5, 0.6) is 0 Å². The molecule has 0 aliphatic carbocycles. The van der Waals surface area contributed by atoms with E-state index in [1.165, 1.54) is 0 Å². The number of nitrogens with zero attached hydrogens (tertiary/aromatic N) is 3. The summed E-state index contributed by atoms with van der Waals surface area (Å²) < 4.78 is 0. The number of hydrogen-bond acceptors (Lipinski definition) is 15. The van der Waals surface area contributed by atoms with Gasteiger partial charge in [0.05, 0.1) is 54.9 Å². The molecule has 0 spiro atoms. The first kappa shape index (κ1) is 48.1. The Labute approximate surface area is 212 Å². The Morgan fingerprint density at radius 3 is 0.625 bits per heavy atom. The largest absolute Gasteiger partial charge is 3.00 e. The van der Waals surface area contributed by atoms with Crippen molar-refractivity contribution in [1.29, 1.82) is 0 Å². The van der Waals surface area contributed by atoms with Gasteiger partial charge in [-0.15, -0.1) is 0 Å². The van der Waals surface area contributed by atoms with E-state index < -0.39 is 26.1 Å². The predicted octanol–water partition coefficient (Wildman–Crippen LogP) is -2.92. The van der Waals surface area contributed by atoms with Crippen molar-refractivity contribution in [2.45, 2.75) is 26.7 Å². The Kier molecular flexibility index (Phi) is 47.8. The van der Waals surface area contributed by atoms with Crippen molar-refractivity contribution < 1.29 is 90.0 Å². The third-order valence-corrected chi connectivity index (χ3v) is 3.51. The molecule has 0 unspecified atom stereocenters. The van der Waals surface area contributed by atoms with E-state index in [1.54, 1.807) is 0 Å². The van der Waals surface area contributed by atoms with Gasteiger partial charge in [0.2, 0.25) is 0 Å². The topological polar surface area (TPSA) is 353 Å². The van der Waals surface area contributed by atoms with Crippen LogP contribution >= 0.6 is 0 Å². The Hall–Kier alpha value is -1.39. The molecular formula is C12H31N3O16Tb+. The molecule has 0 amide bonds. The molecule has 0 aromatic carbocycles. The molecule has 0 aliphatic heterocycles. The fourth-order valence-corrected chi connectivity index (χ4v) is 0.971. The molecule has 0 bridgehead atoms.